The molecule has 0 bridgehead atoms. The second-order valence-corrected chi connectivity index (χ2v) is 6.50. The molecule has 0 radical (unpaired) electrons. The van der Waals surface area contributed by atoms with Gasteiger partial charge in [-0.2, -0.15) is 0 Å². The van der Waals surface area contributed by atoms with Gasteiger partial charge in [0.15, 0.2) is 6.10 Å². The van der Waals surface area contributed by atoms with Crippen molar-refractivity contribution in [1.82, 2.24) is 9.97 Å². The standard InChI is InChI=1S/C23H18FN3O2/c1-15(23(28)27-19-7-3-2-6-18(19)24)29-17-12-10-16(11-13-17)22-14-25-20-8-4-5-9-21(20)26-22/h2-15H,1H3,(H,27,28)/t15-/m1/s1. The molecule has 1 heterocycles. The number of aromatic nitrogens is 2. The fourth-order valence-electron chi connectivity index (χ4n) is 2.86. The fourth-order valence-corrected chi connectivity index (χ4v) is 2.86. The predicted molar refractivity (Wildman–Crippen MR) is 110 cm³/mol. The van der Waals surface area contributed by atoms with E-state index in [0.717, 1.165) is 22.3 Å². The number of hydrogen-bond donors (Lipinski definition) is 1. The van der Waals surface area contributed by atoms with Crippen molar-refractivity contribution in [1.29, 1.82) is 0 Å². The second-order valence-electron chi connectivity index (χ2n) is 6.50. The second kappa shape index (κ2) is 8.06. The van der Waals surface area contributed by atoms with Crippen LogP contribution in [0.3, 0.4) is 0 Å². The fraction of sp³-hybridized carbons (Fsp3) is 0.0870. The van der Waals surface area contributed by atoms with Crippen LogP contribution in [0.5, 0.6) is 5.75 Å². The van der Waals surface area contributed by atoms with Crippen LogP contribution < -0.4 is 10.1 Å². The molecule has 144 valence electrons. The highest BCUT2D eigenvalue weighted by atomic mass is 19.1. The molecule has 0 spiro atoms. The Balaban J connectivity index is 1.44. The van der Waals surface area contributed by atoms with Crippen LogP contribution in [0.1, 0.15) is 6.92 Å². The minimum absolute atomic E-state index is 0.123. The maximum atomic E-state index is 13.7. The number of carbonyl (C=O) groups excluding carboxylic acids is 1. The average Bonchev–Trinajstić information content (AvgIpc) is 2.75. The van der Waals surface area contributed by atoms with Crippen molar-refractivity contribution < 1.29 is 13.9 Å². The Bertz CT molecular complexity index is 1160. The largest absolute Gasteiger partial charge is 0.481 e. The van der Waals surface area contributed by atoms with E-state index in [4.69, 9.17) is 4.74 Å². The van der Waals surface area contributed by atoms with Crippen LogP contribution >= 0.6 is 0 Å². The molecule has 0 unspecified atom stereocenters. The van der Waals surface area contributed by atoms with Gasteiger partial charge in [-0.05, 0) is 55.5 Å². The Hall–Kier alpha value is -3.80. The highest BCUT2D eigenvalue weighted by Crippen LogP contribution is 2.23. The summed E-state index contributed by atoms with van der Waals surface area (Å²) in [6, 6.07) is 20.9. The molecule has 5 nitrogen and oxygen atoms in total. The molecular formula is C23H18FN3O2. The molecule has 4 aromatic rings. The topological polar surface area (TPSA) is 64.1 Å². The number of nitrogens with one attached hydrogen (secondary N) is 1. The summed E-state index contributed by atoms with van der Waals surface area (Å²) in [6.45, 7) is 1.61. The van der Waals surface area contributed by atoms with E-state index < -0.39 is 17.8 Å². The number of carbonyl (C=O) groups is 1. The minimum atomic E-state index is -0.791. The van der Waals surface area contributed by atoms with Gasteiger partial charge in [0.25, 0.3) is 5.91 Å². The summed E-state index contributed by atoms with van der Waals surface area (Å²) < 4.78 is 19.4. The van der Waals surface area contributed by atoms with Gasteiger partial charge in [0.05, 0.1) is 28.6 Å². The summed E-state index contributed by atoms with van der Waals surface area (Å²) in [5.74, 6) is -0.396. The zero-order valence-electron chi connectivity index (χ0n) is 15.7. The molecule has 0 aliphatic rings. The molecule has 1 N–H and O–H groups in total. The van der Waals surface area contributed by atoms with Crippen molar-refractivity contribution >= 4 is 22.6 Å². The lowest BCUT2D eigenvalue weighted by Crippen LogP contribution is -2.30. The molecule has 0 saturated carbocycles. The summed E-state index contributed by atoms with van der Waals surface area (Å²) in [5.41, 5.74) is 3.42. The Morgan fingerprint density at radius 1 is 0.966 bits per heavy atom. The summed E-state index contributed by atoms with van der Waals surface area (Å²) >= 11 is 0. The van der Waals surface area contributed by atoms with Gasteiger partial charge in [0.1, 0.15) is 11.6 Å². The number of halogens is 1. The van der Waals surface area contributed by atoms with E-state index in [9.17, 15) is 9.18 Å². The number of benzene rings is 3. The first-order chi connectivity index (χ1) is 14.1. The number of amides is 1. The first kappa shape index (κ1) is 18.6. The molecule has 1 amide bonds. The zero-order valence-corrected chi connectivity index (χ0v) is 15.7. The minimum Gasteiger partial charge on any atom is -0.481 e. The smallest absolute Gasteiger partial charge is 0.265 e. The van der Waals surface area contributed by atoms with Gasteiger partial charge in [0, 0.05) is 5.56 Å². The van der Waals surface area contributed by atoms with Crippen molar-refractivity contribution in [3.8, 4) is 17.0 Å². The first-order valence-electron chi connectivity index (χ1n) is 9.14. The van der Waals surface area contributed by atoms with E-state index in [1.54, 1.807) is 37.4 Å². The Morgan fingerprint density at radius 3 is 2.41 bits per heavy atom. The third kappa shape index (κ3) is 4.21. The lowest BCUT2D eigenvalue weighted by atomic mass is 10.1. The van der Waals surface area contributed by atoms with Crippen LogP contribution in [-0.2, 0) is 4.79 Å². The van der Waals surface area contributed by atoms with Crippen molar-refractivity contribution in [3.63, 3.8) is 0 Å². The predicted octanol–water partition coefficient (Wildman–Crippen LogP) is 4.84. The number of fused-ring (bicyclic) bond motifs is 1. The lowest BCUT2D eigenvalue weighted by Gasteiger charge is -2.15. The highest BCUT2D eigenvalue weighted by molar-refractivity contribution is 5.94. The van der Waals surface area contributed by atoms with Crippen molar-refractivity contribution in [2.45, 2.75) is 13.0 Å². The monoisotopic (exact) mass is 387 g/mol. The molecule has 1 atom stereocenters. The van der Waals surface area contributed by atoms with Crippen molar-refractivity contribution in [3.05, 3.63) is 84.8 Å². The molecule has 0 aliphatic heterocycles. The molecule has 0 saturated heterocycles. The number of ether oxygens (including phenoxy) is 1. The maximum absolute atomic E-state index is 13.7. The van der Waals surface area contributed by atoms with Crippen LogP contribution in [0.15, 0.2) is 79.0 Å². The Labute approximate surface area is 167 Å². The van der Waals surface area contributed by atoms with Gasteiger partial charge in [0.2, 0.25) is 0 Å². The van der Waals surface area contributed by atoms with Gasteiger partial charge in [-0.25, -0.2) is 9.37 Å². The van der Waals surface area contributed by atoms with Crippen LogP contribution in [0.25, 0.3) is 22.3 Å². The number of nitrogens with zero attached hydrogens (tertiary/aromatic N) is 2. The summed E-state index contributed by atoms with van der Waals surface area (Å²) in [5, 5.41) is 2.53. The van der Waals surface area contributed by atoms with E-state index >= 15 is 0 Å². The number of para-hydroxylation sites is 3. The summed E-state index contributed by atoms with van der Waals surface area (Å²) in [6.07, 6.45) is 0.934. The molecule has 29 heavy (non-hydrogen) atoms. The van der Waals surface area contributed by atoms with E-state index in [1.807, 2.05) is 36.4 Å². The normalized spacial score (nSPS) is 11.8. The van der Waals surface area contributed by atoms with Gasteiger partial charge >= 0.3 is 0 Å². The molecule has 0 fully saturated rings. The van der Waals surface area contributed by atoms with Crippen LogP contribution in [0, 0.1) is 5.82 Å². The third-order valence-electron chi connectivity index (χ3n) is 4.41. The van der Waals surface area contributed by atoms with Crippen LogP contribution in [-0.4, -0.2) is 22.0 Å². The third-order valence-corrected chi connectivity index (χ3v) is 4.41. The van der Waals surface area contributed by atoms with Gasteiger partial charge in [-0.15, -0.1) is 0 Å². The van der Waals surface area contributed by atoms with Crippen molar-refractivity contribution in [2.75, 3.05) is 5.32 Å². The highest BCUT2D eigenvalue weighted by Gasteiger charge is 2.16. The summed E-state index contributed by atoms with van der Waals surface area (Å²) in [7, 11) is 0. The van der Waals surface area contributed by atoms with Crippen molar-refractivity contribution in [2.24, 2.45) is 0 Å². The molecule has 1 aromatic heterocycles. The zero-order chi connectivity index (χ0) is 20.2. The molecule has 0 aliphatic carbocycles. The van der Waals surface area contributed by atoms with E-state index in [-0.39, 0.29) is 5.69 Å². The number of anilines is 1. The Morgan fingerprint density at radius 2 is 1.66 bits per heavy atom. The maximum Gasteiger partial charge on any atom is 0.265 e. The van der Waals surface area contributed by atoms with Gasteiger partial charge in [-0.3, -0.25) is 9.78 Å². The molecule has 4 rings (SSSR count). The van der Waals surface area contributed by atoms with Gasteiger partial charge < -0.3 is 10.1 Å². The lowest BCUT2D eigenvalue weighted by molar-refractivity contribution is -0.122. The first-order valence-corrected chi connectivity index (χ1v) is 9.14. The van der Waals surface area contributed by atoms with E-state index in [1.165, 1.54) is 12.1 Å². The Kier molecular flexibility index (Phi) is 5.16. The number of hydrogen-bond acceptors (Lipinski definition) is 4. The summed E-state index contributed by atoms with van der Waals surface area (Å²) in [4.78, 5) is 21.3. The SMILES string of the molecule is C[C@@H](Oc1ccc(-c2cnc3ccccc3n2)cc1)C(=O)Nc1ccccc1F. The quantitative estimate of drug-likeness (QED) is 0.532. The number of rotatable bonds is 5. The van der Waals surface area contributed by atoms with Crippen LogP contribution in [0.2, 0.25) is 0 Å². The molecular weight excluding hydrogens is 369 g/mol. The molecule has 6 heteroatoms. The van der Waals surface area contributed by atoms with E-state index in [0.29, 0.717) is 5.75 Å². The average molecular weight is 387 g/mol. The molecule has 3 aromatic carbocycles. The van der Waals surface area contributed by atoms with Crippen LogP contribution in [0.4, 0.5) is 10.1 Å². The van der Waals surface area contributed by atoms with Gasteiger partial charge in [-0.1, -0.05) is 24.3 Å². The van der Waals surface area contributed by atoms with E-state index in [2.05, 4.69) is 15.3 Å².